The van der Waals surface area contributed by atoms with E-state index in [-0.39, 0.29) is 5.56 Å². The van der Waals surface area contributed by atoms with Crippen LogP contribution in [0.5, 0.6) is 0 Å². The molecule has 1 atom stereocenters. The molecule has 0 aliphatic heterocycles. The molecule has 0 amide bonds. The van der Waals surface area contributed by atoms with Gasteiger partial charge in [-0.1, -0.05) is 0 Å². The van der Waals surface area contributed by atoms with Gasteiger partial charge in [-0.3, -0.25) is 4.98 Å². The summed E-state index contributed by atoms with van der Waals surface area (Å²) >= 11 is 1.52. The van der Waals surface area contributed by atoms with Gasteiger partial charge >= 0.3 is 6.18 Å². The van der Waals surface area contributed by atoms with Crippen molar-refractivity contribution in [1.29, 1.82) is 0 Å². The van der Waals surface area contributed by atoms with Gasteiger partial charge in [0.25, 0.3) is 0 Å². The summed E-state index contributed by atoms with van der Waals surface area (Å²) in [7, 11) is 0. The van der Waals surface area contributed by atoms with Crippen molar-refractivity contribution in [3.05, 3.63) is 51.0 Å². The Morgan fingerprint density at radius 2 is 2.10 bits per heavy atom. The Hall–Kier alpha value is -1.40. The molecule has 2 aromatic rings. The molecular formula is C14H13F3N2S. The summed E-state index contributed by atoms with van der Waals surface area (Å²) in [5.41, 5.74) is 6.62. The lowest BCUT2D eigenvalue weighted by Gasteiger charge is -2.16. The van der Waals surface area contributed by atoms with E-state index in [9.17, 15) is 13.2 Å². The topological polar surface area (TPSA) is 38.9 Å². The number of hydrogen-bond acceptors (Lipinski definition) is 3. The lowest BCUT2D eigenvalue weighted by molar-refractivity contribution is -0.138. The molecule has 1 unspecified atom stereocenters. The third kappa shape index (κ3) is 2.33. The highest BCUT2D eigenvalue weighted by Gasteiger charge is 2.35. The van der Waals surface area contributed by atoms with E-state index in [1.165, 1.54) is 28.0 Å². The largest absolute Gasteiger partial charge is 0.416 e. The molecule has 0 spiro atoms. The molecule has 3 rings (SSSR count). The second-order valence-corrected chi connectivity index (χ2v) is 6.06. The lowest BCUT2D eigenvalue weighted by atomic mass is 10.0. The number of fused-ring (bicyclic) bond motifs is 1. The van der Waals surface area contributed by atoms with Crippen LogP contribution in [0.15, 0.2) is 24.5 Å². The van der Waals surface area contributed by atoms with Gasteiger partial charge < -0.3 is 5.73 Å². The molecule has 6 heteroatoms. The predicted molar refractivity (Wildman–Crippen MR) is 71.6 cm³/mol. The van der Waals surface area contributed by atoms with E-state index in [1.54, 1.807) is 0 Å². The van der Waals surface area contributed by atoms with Gasteiger partial charge in [-0.05, 0) is 37.0 Å². The molecule has 106 valence electrons. The van der Waals surface area contributed by atoms with Crippen LogP contribution < -0.4 is 5.73 Å². The highest BCUT2D eigenvalue weighted by molar-refractivity contribution is 7.12. The van der Waals surface area contributed by atoms with Gasteiger partial charge in [0.15, 0.2) is 0 Å². The molecule has 0 fully saturated rings. The summed E-state index contributed by atoms with van der Waals surface area (Å²) in [5.74, 6) is 0. The molecule has 1 aliphatic carbocycles. The van der Waals surface area contributed by atoms with Crippen molar-refractivity contribution < 1.29 is 13.2 Å². The predicted octanol–water partition coefficient (Wildman–Crippen LogP) is 3.70. The average Bonchev–Trinajstić information content (AvgIpc) is 2.97. The minimum Gasteiger partial charge on any atom is -0.320 e. The van der Waals surface area contributed by atoms with Gasteiger partial charge in [0.1, 0.15) is 0 Å². The fraction of sp³-hybridized carbons (Fsp3) is 0.357. The van der Waals surface area contributed by atoms with E-state index in [4.69, 9.17) is 5.73 Å². The minimum absolute atomic E-state index is 0.0416. The number of hydrogen-bond donors (Lipinski definition) is 1. The Bertz CT molecular complexity index is 612. The van der Waals surface area contributed by atoms with Crippen LogP contribution in [0.1, 0.15) is 38.9 Å². The van der Waals surface area contributed by atoms with Crippen LogP contribution in [-0.2, 0) is 19.0 Å². The van der Waals surface area contributed by atoms with Crippen molar-refractivity contribution in [1.82, 2.24) is 4.98 Å². The standard InChI is InChI=1S/C14H13F3N2S/c15-14(16,17)10-4-5-19-7-9(10)13(18)12-6-8-2-1-3-11(8)20-12/h4-7,13H,1-3,18H2. The van der Waals surface area contributed by atoms with Crippen molar-refractivity contribution in [2.45, 2.75) is 31.5 Å². The molecule has 0 radical (unpaired) electrons. The zero-order valence-corrected chi connectivity index (χ0v) is 11.4. The van der Waals surface area contributed by atoms with Crippen molar-refractivity contribution in [2.75, 3.05) is 0 Å². The maximum absolute atomic E-state index is 13.0. The van der Waals surface area contributed by atoms with Gasteiger partial charge in [-0.15, -0.1) is 11.3 Å². The maximum atomic E-state index is 13.0. The highest BCUT2D eigenvalue weighted by Crippen LogP contribution is 2.39. The fourth-order valence-corrected chi connectivity index (χ4v) is 3.85. The molecule has 0 bridgehead atoms. The van der Waals surface area contributed by atoms with Crippen LogP contribution in [0.4, 0.5) is 13.2 Å². The van der Waals surface area contributed by atoms with Crippen molar-refractivity contribution in [3.8, 4) is 0 Å². The van der Waals surface area contributed by atoms with Gasteiger partial charge in [0, 0.05) is 27.7 Å². The molecule has 2 nitrogen and oxygen atoms in total. The van der Waals surface area contributed by atoms with Gasteiger partial charge in [-0.25, -0.2) is 0 Å². The molecule has 20 heavy (non-hydrogen) atoms. The summed E-state index contributed by atoms with van der Waals surface area (Å²) in [6.45, 7) is 0. The number of nitrogens with two attached hydrogens (primary N) is 1. The van der Waals surface area contributed by atoms with Crippen molar-refractivity contribution in [2.24, 2.45) is 5.73 Å². The number of thiophene rings is 1. The van der Waals surface area contributed by atoms with Gasteiger partial charge in [0.2, 0.25) is 0 Å². The first kappa shape index (κ1) is 13.6. The van der Waals surface area contributed by atoms with Crippen LogP contribution in [0.3, 0.4) is 0 Å². The SMILES string of the molecule is NC(c1cc2c(s1)CCC2)c1cnccc1C(F)(F)F. The number of rotatable bonds is 2. The maximum Gasteiger partial charge on any atom is 0.416 e. The zero-order chi connectivity index (χ0) is 14.3. The molecule has 2 heterocycles. The van der Waals surface area contributed by atoms with Crippen molar-refractivity contribution in [3.63, 3.8) is 0 Å². The molecular weight excluding hydrogens is 285 g/mol. The number of pyridine rings is 1. The number of aromatic nitrogens is 1. The molecule has 0 saturated carbocycles. The Kier molecular flexibility index (Phi) is 3.30. The summed E-state index contributed by atoms with van der Waals surface area (Å²) in [4.78, 5) is 5.84. The zero-order valence-electron chi connectivity index (χ0n) is 10.6. The van der Waals surface area contributed by atoms with Crippen LogP contribution >= 0.6 is 11.3 Å². The second-order valence-electron chi connectivity index (χ2n) is 4.89. The summed E-state index contributed by atoms with van der Waals surface area (Å²) in [6.07, 6.45) is 1.09. The second kappa shape index (κ2) is 4.86. The van der Waals surface area contributed by atoms with Gasteiger partial charge in [-0.2, -0.15) is 13.2 Å². The molecule has 2 N–H and O–H groups in total. The minimum atomic E-state index is -4.41. The first-order chi connectivity index (χ1) is 9.47. The van der Waals surface area contributed by atoms with Crippen LogP contribution in [0.2, 0.25) is 0 Å². The number of nitrogens with zero attached hydrogens (tertiary/aromatic N) is 1. The third-order valence-electron chi connectivity index (χ3n) is 3.56. The van der Waals surface area contributed by atoms with Crippen molar-refractivity contribution >= 4 is 11.3 Å². The Labute approximate surface area is 118 Å². The number of halogens is 3. The van der Waals surface area contributed by atoms with Crippen LogP contribution in [0.25, 0.3) is 0 Å². The molecule has 2 aromatic heterocycles. The molecule has 0 aromatic carbocycles. The van der Waals surface area contributed by atoms with E-state index in [1.807, 2.05) is 6.07 Å². The monoisotopic (exact) mass is 298 g/mol. The first-order valence-electron chi connectivity index (χ1n) is 6.35. The Balaban J connectivity index is 2.00. The van der Waals surface area contributed by atoms with E-state index in [0.29, 0.717) is 0 Å². The molecule has 0 saturated heterocycles. The number of alkyl halides is 3. The number of aryl methyl sites for hydroxylation is 2. The van der Waals surface area contributed by atoms with Crippen LogP contribution in [0, 0.1) is 0 Å². The first-order valence-corrected chi connectivity index (χ1v) is 7.16. The quantitative estimate of drug-likeness (QED) is 0.918. The van der Waals surface area contributed by atoms with E-state index < -0.39 is 17.8 Å². The molecule has 1 aliphatic rings. The summed E-state index contributed by atoms with van der Waals surface area (Å²) in [5, 5.41) is 0. The van der Waals surface area contributed by atoms with Gasteiger partial charge in [0.05, 0.1) is 11.6 Å². The Morgan fingerprint density at radius 3 is 2.80 bits per heavy atom. The van der Waals surface area contributed by atoms with E-state index in [0.717, 1.165) is 36.4 Å². The average molecular weight is 298 g/mol. The highest BCUT2D eigenvalue weighted by atomic mass is 32.1. The lowest BCUT2D eigenvalue weighted by Crippen LogP contribution is -2.18. The van der Waals surface area contributed by atoms with E-state index in [2.05, 4.69) is 4.98 Å². The van der Waals surface area contributed by atoms with E-state index >= 15 is 0 Å². The summed E-state index contributed by atoms with van der Waals surface area (Å²) in [6, 6.07) is 2.16. The summed E-state index contributed by atoms with van der Waals surface area (Å²) < 4.78 is 39.0. The third-order valence-corrected chi connectivity index (χ3v) is 4.88. The van der Waals surface area contributed by atoms with Crippen LogP contribution in [-0.4, -0.2) is 4.98 Å². The smallest absolute Gasteiger partial charge is 0.320 e. The fourth-order valence-electron chi connectivity index (χ4n) is 2.57. The normalized spacial score (nSPS) is 16.2. The Morgan fingerprint density at radius 1 is 1.30 bits per heavy atom.